The summed E-state index contributed by atoms with van der Waals surface area (Å²) in [7, 11) is -3.29. The number of hydrogen-bond acceptors (Lipinski definition) is 4. The lowest BCUT2D eigenvalue weighted by atomic mass is 10.3. The number of hydrogen-bond donors (Lipinski definition) is 1. The smallest absolute Gasteiger partial charge is 0.252 e. The molecule has 4 nitrogen and oxygen atoms in total. The topological polar surface area (TPSA) is 49.4 Å². The third-order valence-electron chi connectivity index (χ3n) is 2.47. The van der Waals surface area contributed by atoms with Crippen LogP contribution in [0.25, 0.3) is 0 Å². The van der Waals surface area contributed by atoms with Crippen LogP contribution < -0.4 is 5.32 Å². The summed E-state index contributed by atoms with van der Waals surface area (Å²) in [5, 5.41) is 3.23. The van der Waals surface area contributed by atoms with Crippen molar-refractivity contribution >= 4 is 37.3 Å². The van der Waals surface area contributed by atoms with Gasteiger partial charge < -0.3 is 5.32 Å². The van der Waals surface area contributed by atoms with Gasteiger partial charge in [-0.1, -0.05) is 0 Å². The third kappa shape index (κ3) is 2.48. The summed E-state index contributed by atoms with van der Waals surface area (Å²) >= 11 is 4.54. The highest BCUT2D eigenvalue weighted by molar-refractivity contribution is 9.11. The summed E-state index contributed by atoms with van der Waals surface area (Å²) in [5.41, 5.74) is 0. The van der Waals surface area contributed by atoms with E-state index in [2.05, 4.69) is 21.2 Å². The van der Waals surface area contributed by atoms with Crippen LogP contribution in [0.2, 0.25) is 0 Å². The first kappa shape index (κ1) is 12.5. The molecule has 0 saturated carbocycles. The van der Waals surface area contributed by atoms with E-state index in [1.54, 1.807) is 16.4 Å². The summed E-state index contributed by atoms with van der Waals surface area (Å²) < 4.78 is 27.3. The minimum atomic E-state index is -3.29. The predicted molar refractivity (Wildman–Crippen MR) is 68.2 cm³/mol. The molecule has 7 heteroatoms. The molecule has 1 fully saturated rings. The number of sulfonamides is 1. The van der Waals surface area contributed by atoms with Gasteiger partial charge in [0.15, 0.2) is 0 Å². The second-order valence-electron chi connectivity index (χ2n) is 3.78. The molecule has 1 aromatic rings. The van der Waals surface area contributed by atoms with Gasteiger partial charge >= 0.3 is 0 Å². The minimum absolute atomic E-state index is 0.215. The zero-order valence-electron chi connectivity index (χ0n) is 8.81. The maximum absolute atomic E-state index is 12.2. The van der Waals surface area contributed by atoms with Crippen molar-refractivity contribution < 1.29 is 8.42 Å². The Balaban J connectivity index is 2.25. The molecule has 0 aromatic carbocycles. The first-order valence-electron chi connectivity index (χ1n) is 4.99. The van der Waals surface area contributed by atoms with Gasteiger partial charge in [-0.15, -0.1) is 11.3 Å². The van der Waals surface area contributed by atoms with E-state index in [9.17, 15) is 8.42 Å². The molecule has 0 amide bonds. The molecule has 16 heavy (non-hydrogen) atoms. The molecular weight excluding hydrogens is 312 g/mol. The van der Waals surface area contributed by atoms with Crippen LogP contribution in [0.1, 0.15) is 6.92 Å². The normalized spacial score (nSPS) is 23.5. The SMILES string of the molecule is C[C@H]1CN(S(=O)(=O)c2ccc(Br)s2)CCN1. The van der Waals surface area contributed by atoms with E-state index in [4.69, 9.17) is 0 Å². The lowest BCUT2D eigenvalue weighted by Gasteiger charge is -2.30. The van der Waals surface area contributed by atoms with Crippen molar-refractivity contribution in [1.82, 2.24) is 9.62 Å². The summed E-state index contributed by atoms with van der Waals surface area (Å²) in [6.07, 6.45) is 0. The number of rotatable bonds is 2. The zero-order chi connectivity index (χ0) is 11.8. The zero-order valence-corrected chi connectivity index (χ0v) is 12.0. The van der Waals surface area contributed by atoms with Crippen LogP contribution in [0.4, 0.5) is 0 Å². The monoisotopic (exact) mass is 324 g/mol. The summed E-state index contributed by atoms with van der Waals surface area (Å²) in [6, 6.07) is 3.63. The molecule has 90 valence electrons. The van der Waals surface area contributed by atoms with Gasteiger partial charge in [-0.05, 0) is 35.0 Å². The molecule has 1 aromatic heterocycles. The Morgan fingerprint density at radius 2 is 2.31 bits per heavy atom. The minimum Gasteiger partial charge on any atom is -0.312 e. The van der Waals surface area contributed by atoms with E-state index in [1.165, 1.54) is 11.3 Å². The molecule has 0 radical (unpaired) electrons. The van der Waals surface area contributed by atoms with Gasteiger partial charge in [0.05, 0.1) is 3.79 Å². The number of halogens is 1. The summed E-state index contributed by atoms with van der Waals surface area (Å²) in [6.45, 7) is 3.79. The van der Waals surface area contributed by atoms with E-state index in [0.717, 1.165) is 3.79 Å². The molecule has 2 rings (SSSR count). The Kier molecular flexibility index (Phi) is 3.70. The third-order valence-corrected chi connectivity index (χ3v) is 6.43. The highest BCUT2D eigenvalue weighted by Crippen LogP contribution is 2.28. The van der Waals surface area contributed by atoms with Gasteiger partial charge in [-0.25, -0.2) is 8.42 Å². The predicted octanol–water partition coefficient (Wildman–Crippen LogP) is 1.49. The lowest BCUT2D eigenvalue weighted by molar-refractivity contribution is 0.311. The van der Waals surface area contributed by atoms with Crippen molar-refractivity contribution in [2.45, 2.75) is 17.2 Å². The van der Waals surface area contributed by atoms with Crippen LogP contribution in [0.5, 0.6) is 0 Å². The molecular formula is C9H13BrN2O2S2. The quantitative estimate of drug-likeness (QED) is 0.896. The van der Waals surface area contributed by atoms with Crippen LogP contribution in [0.15, 0.2) is 20.1 Å². The second kappa shape index (κ2) is 4.73. The molecule has 0 unspecified atom stereocenters. The Bertz CT molecular complexity index is 472. The van der Waals surface area contributed by atoms with Crippen molar-refractivity contribution in [2.24, 2.45) is 0 Å². The molecule has 1 atom stereocenters. The Morgan fingerprint density at radius 1 is 1.56 bits per heavy atom. The number of nitrogens with one attached hydrogen (secondary N) is 1. The van der Waals surface area contributed by atoms with E-state index in [0.29, 0.717) is 23.8 Å². The molecule has 1 N–H and O–H groups in total. The van der Waals surface area contributed by atoms with Crippen LogP contribution in [-0.2, 0) is 10.0 Å². The lowest BCUT2D eigenvalue weighted by Crippen LogP contribution is -2.51. The van der Waals surface area contributed by atoms with Gasteiger partial charge in [0.25, 0.3) is 10.0 Å². The fraction of sp³-hybridized carbons (Fsp3) is 0.556. The number of thiophene rings is 1. The second-order valence-corrected chi connectivity index (χ2v) is 8.40. The van der Waals surface area contributed by atoms with Crippen molar-refractivity contribution in [2.75, 3.05) is 19.6 Å². The van der Waals surface area contributed by atoms with Gasteiger partial charge in [0, 0.05) is 25.7 Å². The largest absolute Gasteiger partial charge is 0.312 e. The highest BCUT2D eigenvalue weighted by atomic mass is 79.9. The van der Waals surface area contributed by atoms with Crippen molar-refractivity contribution in [3.05, 3.63) is 15.9 Å². The molecule has 1 saturated heterocycles. The van der Waals surface area contributed by atoms with Gasteiger partial charge in [-0.2, -0.15) is 4.31 Å². The maximum atomic E-state index is 12.2. The van der Waals surface area contributed by atoms with Crippen molar-refractivity contribution in [3.63, 3.8) is 0 Å². The Labute approximate surface area is 108 Å². The van der Waals surface area contributed by atoms with E-state index < -0.39 is 10.0 Å². The maximum Gasteiger partial charge on any atom is 0.252 e. The van der Waals surface area contributed by atoms with Gasteiger partial charge in [0.2, 0.25) is 0 Å². The van der Waals surface area contributed by atoms with Crippen LogP contribution in [0, 0.1) is 0 Å². The number of piperazine rings is 1. The van der Waals surface area contributed by atoms with Crippen LogP contribution in [-0.4, -0.2) is 38.4 Å². The fourth-order valence-electron chi connectivity index (χ4n) is 1.68. The molecule has 0 aliphatic carbocycles. The van der Waals surface area contributed by atoms with Crippen molar-refractivity contribution in [1.29, 1.82) is 0 Å². The first-order chi connectivity index (χ1) is 7.50. The Hall–Kier alpha value is 0.0500. The first-order valence-corrected chi connectivity index (χ1v) is 8.04. The van der Waals surface area contributed by atoms with E-state index >= 15 is 0 Å². The molecule has 1 aliphatic rings. The summed E-state index contributed by atoms with van der Waals surface area (Å²) in [5.74, 6) is 0. The molecule has 1 aliphatic heterocycles. The number of nitrogens with zero attached hydrogens (tertiary/aromatic N) is 1. The van der Waals surface area contributed by atoms with Gasteiger partial charge in [-0.3, -0.25) is 0 Å². The average Bonchev–Trinajstić information content (AvgIpc) is 2.65. The molecule has 0 spiro atoms. The Morgan fingerprint density at radius 3 is 2.88 bits per heavy atom. The van der Waals surface area contributed by atoms with Crippen LogP contribution in [0.3, 0.4) is 0 Å². The molecule has 2 heterocycles. The fourth-order valence-corrected chi connectivity index (χ4v) is 5.37. The van der Waals surface area contributed by atoms with Crippen molar-refractivity contribution in [3.8, 4) is 0 Å². The summed E-state index contributed by atoms with van der Waals surface area (Å²) in [4.78, 5) is 0. The molecule has 0 bridgehead atoms. The van der Waals surface area contributed by atoms with E-state index in [-0.39, 0.29) is 6.04 Å². The van der Waals surface area contributed by atoms with E-state index in [1.807, 2.05) is 6.92 Å². The highest BCUT2D eigenvalue weighted by Gasteiger charge is 2.29. The standard InChI is InChI=1S/C9H13BrN2O2S2/c1-7-6-12(5-4-11-7)16(13,14)9-3-2-8(10)15-9/h2-3,7,11H,4-6H2,1H3/t7-/m0/s1. The average molecular weight is 325 g/mol. The van der Waals surface area contributed by atoms with Gasteiger partial charge in [0.1, 0.15) is 4.21 Å². The van der Waals surface area contributed by atoms with Crippen LogP contribution >= 0.6 is 27.3 Å².